The lowest BCUT2D eigenvalue weighted by atomic mass is 10.0. The first-order valence-corrected chi connectivity index (χ1v) is 10.2. The predicted molar refractivity (Wildman–Crippen MR) is 91.6 cm³/mol. The average molecular weight is 374 g/mol. The molecule has 3 rings (SSSR count). The van der Waals surface area contributed by atoms with Crippen LogP contribution in [0.2, 0.25) is 0 Å². The summed E-state index contributed by atoms with van der Waals surface area (Å²) in [4.78, 5) is 2.12. The van der Waals surface area contributed by atoms with Crippen LogP contribution in [-0.4, -0.2) is 58.0 Å². The molecule has 2 heterocycles. The molecule has 0 radical (unpaired) electrons. The fourth-order valence-corrected chi connectivity index (χ4v) is 4.15. The number of ether oxygens (including phenoxy) is 1. The Morgan fingerprint density at radius 2 is 1.84 bits per heavy atom. The van der Waals surface area contributed by atoms with Crippen LogP contribution in [0.15, 0.2) is 29.2 Å². The Hall–Kier alpha value is -1.25. The van der Waals surface area contributed by atoms with Crippen LogP contribution in [0.4, 0.5) is 14.5 Å². The van der Waals surface area contributed by atoms with Crippen molar-refractivity contribution < 1.29 is 21.9 Å². The van der Waals surface area contributed by atoms with Crippen molar-refractivity contribution in [1.82, 2.24) is 4.90 Å². The molecule has 25 heavy (non-hydrogen) atoms. The third-order valence-electron chi connectivity index (χ3n) is 4.92. The van der Waals surface area contributed by atoms with Gasteiger partial charge in [0.1, 0.15) is 0 Å². The number of halogens is 2. The minimum Gasteiger partial charge on any atom is -0.382 e. The second-order valence-corrected chi connectivity index (χ2v) is 8.70. The molecule has 5 nitrogen and oxygen atoms in total. The molecule has 0 saturated carbocycles. The van der Waals surface area contributed by atoms with Crippen molar-refractivity contribution in [2.24, 2.45) is 5.92 Å². The minimum atomic E-state index is -4.52. The van der Waals surface area contributed by atoms with Crippen LogP contribution in [0.5, 0.6) is 0 Å². The van der Waals surface area contributed by atoms with Crippen molar-refractivity contribution in [3.05, 3.63) is 24.3 Å². The fourth-order valence-electron chi connectivity index (χ4n) is 3.43. The van der Waals surface area contributed by atoms with E-state index < -0.39 is 15.6 Å². The van der Waals surface area contributed by atoms with Gasteiger partial charge < -0.3 is 15.0 Å². The van der Waals surface area contributed by atoms with E-state index in [1.165, 1.54) is 12.1 Å². The van der Waals surface area contributed by atoms with Gasteiger partial charge in [-0.1, -0.05) is 0 Å². The molecule has 1 atom stereocenters. The lowest BCUT2D eigenvalue weighted by Gasteiger charge is -2.34. The van der Waals surface area contributed by atoms with Gasteiger partial charge in [0.15, 0.2) is 0 Å². The average Bonchev–Trinajstić information content (AvgIpc) is 3.10. The predicted octanol–water partition coefficient (Wildman–Crippen LogP) is 2.60. The highest BCUT2D eigenvalue weighted by molar-refractivity contribution is 7.91. The van der Waals surface area contributed by atoms with Gasteiger partial charge in [-0.05, 0) is 49.4 Å². The van der Waals surface area contributed by atoms with Gasteiger partial charge in [0.2, 0.25) is 9.84 Å². The number of likely N-dealkylation sites (tertiary alicyclic amines) is 1. The van der Waals surface area contributed by atoms with Crippen LogP contribution in [0.25, 0.3) is 0 Å². The van der Waals surface area contributed by atoms with Crippen LogP contribution in [-0.2, 0) is 14.6 Å². The van der Waals surface area contributed by atoms with Gasteiger partial charge in [0, 0.05) is 38.0 Å². The van der Waals surface area contributed by atoms with Crippen molar-refractivity contribution in [3.63, 3.8) is 0 Å². The Morgan fingerprint density at radius 3 is 2.40 bits per heavy atom. The fraction of sp³-hybridized carbons (Fsp3) is 0.647. The Labute approximate surface area is 147 Å². The number of alkyl halides is 2. The van der Waals surface area contributed by atoms with E-state index >= 15 is 0 Å². The monoisotopic (exact) mass is 374 g/mol. The largest absolute Gasteiger partial charge is 0.382 e. The van der Waals surface area contributed by atoms with Gasteiger partial charge >= 0.3 is 5.76 Å². The number of nitrogens with zero attached hydrogens (tertiary/aromatic N) is 1. The zero-order valence-corrected chi connectivity index (χ0v) is 14.9. The summed E-state index contributed by atoms with van der Waals surface area (Å²) in [7, 11) is -4.52. The number of hydrogen-bond acceptors (Lipinski definition) is 5. The van der Waals surface area contributed by atoms with Crippen molar-refractivity contribution in [1.29, 1.82) is 0 Å². The first-order valence-electron chi connectivity index (χ1n) is 8.64. The standard InChI is InChI=1S/C17H24F2N2O3S/c18-17(19)25(22,23)16-3-1-14(2-4-16)20-15-5-8-21(9-6-15)11-13-7-10-24-12-13/h1-4,13,15,17,20H,5-12H2. The maximum atomic E-state index is 12.5. The van der Waals surface area contributed by atoms with Crippen molar-refractivity contribution in [2.75, 3.05) is 38.2 Å². The number of anilines is 1. The second-order valence-electron chi connectivity index (χ2n) is 6.78. The normalized spacial score (nSPS) is 23.2. The number of nitrogens with one attached hydrogen (secondary N) is 1. The molecule has 140 valence electrons. The van der Waals surface area contributed by atoms with E-state index in [9.17, 15) is 17.2 Å². The van der Waals surface area contributed by atoms with Gasteiger partial charge in [-0.2, -0.15) is 8.78 Å². The van der Waals surface area contributed by atoms with Gasteiger partial charge in [0.25, 0.3) is 0 Å². The number of benzene rings is 1. The molecular formula is C17H24F2N2O3S. The maximum Gasteiger partial charge on any atom is 0.341 e. The Bertz CT molecular complexity index is 653. The molecule has 0 aromatic heterocycles. The van der Waals surface area contributed by atoms with E-state index in [2.05, 4.69) is 10.2 Å². The van der Waals surface area contributed by atoms with Crippen LogP contribution < -0.4 is 5.32 Å². The summed E-state index contributed by atoms with van der Waals surface area (Å²) in [5.74, 6) is -2.74. The first-order chi connectivity index (χ1) is 11.9. The smallest absolute Gasteiger partial charge is 0.341 e. The quantitative estimate of drug-likeness (QED) is 0.829. The van der Waals surface area contributed by atoms with Crippen LogP contribution in [0, 0.1) is 5.92 Å². The van der Waals surface area contributed by atoms with E-state index in [1.807, 2.05) is 0 Å². The second kappa shape index (κ2) is 7.97. The van der Waals surface area contributed by atoms with E-state index in [-0.39, 0.29) is 4.90 Å². The van der Waals surface area contributed by atoms with E-state index in [0.29, 0.717) is 12.0 Å². The number of sulfone groups is 1. The third kappa shape index (κ3) is 4.68. The molecule has 0 bridgehead atoms. The Kier molecular flexibility index (Phi) is 5.91. The molecule has 2 aliphatic heterocycles. The molecule has 2 saturated heterocycles. The summed E-state index contributed by atoms with van der Waals surface area (Å²) in [6.45, 7) is 4.87. The summed E-state index contributed by atoms with van der Waals surface area (Å²) in [6, 6.07) is 5.89. The summed E-state index contributed by atoms with van der Waals surface area (Å²) in [6.07, 6.45) is 3.15. The lowest BCUT2D eigenvalue weighted by Crippen LogP contribution is -2.41. The van der Waals surface area contributed by atoms with Gasteiger partial charge in [-0.3, -0.25) is 0 Å². The molecule has 0 amide bonds. The molecule has 1 unspecified atom stereocenters. The van der Waals surface area contributed by atoms with Crippen LogP contribution >= 0.6 is 0 Å². The van der Waals surface area contributed by atoms with Crippen LogP contribution in [0.1, 0.15) is 19.3 Å². The molecule has 0 aliphatic carbocycles. The van der Waals surface area contributed by atoms with E-state index in [4.69, 9.17) is 4.74 Å². The van der Waals surface area contributed by atoms with Crippen molar-refractivity contribution in [2.45, 2.75) is 36.0 Å². The molecule has 1 aromatic carbocycles. The minimum absolute atomic E-state index is 0.314. The number of piperidine rings is 1. The van der Waals surface area contributed by atoms with Gasteiger partial charge in [-0.15, -0.1) is 0 Å². The zero-order chi connectivity index (χ0) is 17.9. The molecule has 8 heteroatoms. The van der Waals surface area contributed by atoms with Crippen LogP contribution in [0.3, 0.4) is 0 Å². The third-order valence-corrected chi connectivity index (χ3v) is 6.31. The first kappa shape index (κ1) is 18.5. The molecule has 1 aromatic rings. The maximum absolute atomic E-state index is 12.5. The van der Waals surface area contributed by atoms with E-state index in [1.54, 1.807) is 12.1 Å². The topological polar surface area (TPSA) is 58.6 Å². The highest BCUT2D eigenvalue weighted by Crippen LogP contribution is 2.23. The summed E-state index contributed by atoms with van der Waals surface area (Å²) >= 11 is 0. The Balaban J connectivity index is 1.49. The summed E-state index contributed by atoms with van der Waals surface area (Å²) < 4.78 is 53.3. The molecular weight excluding hydrogens is 350 g/mol. The molecule has 1 N–H and O–H groups in total. The molecule has 2 aliphatic rings. The SMILES string of the molecule is O=S(=O)(c1ccc(NC2CCN(CC3CCOC3)CC2)cc1)C(F)F. The highest BCUT2D eigenvalue weighted by atomic mass is 32.2. The highest BCUT2D eigenvalue weighted by Gasteiger charge is 2.27. The Morgan fingerprint density at radius 1 is 1.16 bits per heavy atom. The van der Waals surface area contributed by atoms with Crippen molar-refractivity contribution >= 4 is 15.5 Å². The van der Waals surface area contributed by atoms with E-state index in [0.717, 1.165) is 57.8 Å². The summed E-state index contributed by atoms with van der Waals surface area (Å²) in [5.41, 5.74) is 0.760. The van der Waals surface area contributed by atoms with Gasteiger partial charge in [-0.25, -0.2) is 8.42 Å². The van der Waals surface area contributed by atoms with Crippen molar-refractivity contribution in [3.8, 4) is 0 Å². The summed E-state index contributed by atoms with van der Waals surface area (Å²) in [5, 5.41) is 3.37. The number of rotatable bonds is 6. The lowest BCUT2D eigenvalue weighted by molar-refractivity contribution is 0.154. The zero-order valence-electron chi connectivity index (χ0n) is 14.0. The van der Waals surface area contributed by atoms with Gasteiger partial charge in [0.05, 0.1) is 11.5 Å². The molecule has 2 fully saturated rings. The number of hydrogen-bond donors (Lipinski definition) is 1. The molecule has 0 spiro atoms.